The first-order valence-corrected chi connectivity index (χ1v) is 11.3. The maximum Gasteiger partial charge on any atom is 0.264 e. The van der Waals surface area contributed by atoms with E-state index in [1.807, 2.05) is 30.3 Å². The number of ether oxygens (including phenoxy) is 1. The molecule has 0 amide bonds. The van der Waals surface area contributed by atoms with Crippen molar-refractivity contribution in [3.63, 3.8) is 0 Å². The number of para-hydroxylation sites is 1. The Kier molecular flexibility index (Phi) is 11.6. The van der Waals surface area contributed by atoms with Gasteiger partial charge in [0.1, 0.15) is 5.75 Å². The van der Waals surface area contributed by atoms with Crippen LogP contribution in [0.25, 0.3) is 0 Å². The first-order valence-electron chi connectivity index (χ1n) is 9.68. The van der Waals surface area contributed by atoms with Crippen LogP contribution < -0.4 is 4.74 Å². The molecule has 25 heavy (non-hydrogen) atoms. The van der Waals surface area contributed by atoms with Crippen molar-refractivity contribution in [3.05, 3.63) is 30.3 Å². The minimum Gasteiger partial charge on any atom is -0.490 e. The largest absolute Gasteiger partial charge is 0.490 e. The van der Waals surface area contributed by atoms with E-state index < -0.39 is 10.1 Å². The summed E-state index contributed by atoms with van der Waals surface area (Å²) in [5, 5.41) is 0. The van der Waals surface area contributed by atoms with E-state index in [0.29, 0.717) is 6.42 Å². The Morgan fingerprint density at radius 2 is 1.44 bits per heavy atom. The standard InChI is InChI=1S/C20H34O4S/c1-2-3-4-5-6-7-8-9-11-16-20(17-18-25(21,22)23)24-19-14-12-10-13-15-19/h10,12-15,20H,2-9,11,16-18H2,1H3,(H,21,22,23). The van der Waals surface area contributed by atoms with Crippen molar-refractivity contribution in [2.24, 2.45) is 0 Å². The number of hydrogen-bond donors (Lipinski definition) is 1. The molecular weight excluding hydrogens is 336 g/mol. The number of benzene rings is 1. The zero-order valence-electron chi connectivity index (χ0n) is 15.5. The Labute approximate surface area is 153 Å². The lowest BCUT2D eigenvalue weighted by molar-refractivity contribution is 0.182. The lowest BCUT2D eigenvalue weighted by Gasteiger charge is -2.18. The van der Waals surface area contributed by atoms with E-state index >= 15 is 0 Å². The maximum atomic E-state index is 11.0. The molecule has 1 aromatic carbocycles. The van der Waals surface area contributed by atoms with Crippen LogP contribution in [-0.4, -0.2) is 24.8 Å². The van der Waals surface area contributed by atoms with Gasteiger partial charge in [-0.3, -0.25) is 4.55 Å². The molecule has 0 aliphatic heterocycles. The third kappa shape index (κ3) is 12.9. The van der Waals surface area contributed by atoms with E-state index in [-0.39, 0.29) is 11.9 Å². The van der Waals surface area contributed by atoms with Gasteiger partial charge < -0.3 is 4.74 Å². The van der Waals surface area contributed by atoms with E-state index in [0.717, 1.165) is 25.0 Å². The van der Waals surface area contributed by atoms with Crippen LogP contribution in [0.2, 0.25) is 0 Å². The highest BCUT2D eigenvalue weighted by molar-refractivity contribution is 7.85. The second-order valence-electron chi connectivity index (χ2n) is 6.74. The molecule has 0 aliphatic carbocycles. The van der Waals surface area contributed by atoms with Gasteiger partial charge in [-0.2, -0.15) is 8.42 Å². The minimum atomic E-state index is -3.94. The average molecular weight is 371 g/mol. The van der Waals surface area contributed by atoms with Crippen molar-refractivity contribution >= 4 is 10.1 Å². The summed E-state index contributed by atoms with van der Waals surface area (Å²) in [6.07, 6.45) is 12.3. The Balaban J connectivity index is 2.25. The molecule has 0 saturated heterocycles. The molecule has 0 bridgehead atoms. The van der Waals surface area contributed by atoms with Gasteiger partial charge in [-0.05, 0) is 25.0 Å². The third-order valence-electron chi connectivity index (χ3n) is 4.37. The molecule has 0 spiro atoms. The highest BCUT2D eigenvalue weighted by Gasteiger charge is 2.15. The molecular formula is C20H34O4S. The fourth-order valence-electron chi connectivity index (χ4n) is 2.92. The molecule has 0 heterocycles. The van der Waals surface area contributed by atoms with E-state index in [1.54, 1.807) is 0 Å². The summed E-state index contributed by atoms with van der Waals surface area (Å²) in [6, 6.07) is 9.45. The fourth-order valence-corrected chi connectivity index (χ4v) is 3.48. The van der Waals surface area contributed by atoms with E-state index in [2.05, 4.69) is 6.92 Å². The van der Waals surface area contributed by atoms with Gasteiger partial charge in [0.15, 0.2) is 0 Å². The first-order chi connectivity index (χ1) is 12.0. The maximum absolute atomic E-state index is 11.0. The molecule has 0 fully saturated rings. The van der Waals surface area contributed by atoms with Crippen LogP contribution in [0.5, 0.6) is 5.75 Å². The second-order valence-corrected chi connectivity index (χ2v) is 8.32. The molecule has 0 aromatic heterocycles. The highest BCUT2D eigenvalue weighted by Crippen LogP contribution is 2.18. The molecule has 1 rings (SSSR count). The second kappa shape index (κ2) is 13.2. The van der Waals surface area contributed by atoms with Gasteiger partial charge in [-0.1, -0.05) is 76.5 Å². The molecule has 1 atom stereocenters. The Hall–Kier alpha value is -1.07. The molecule has 0 radical (unpaired) electrons. The Bertz CT molecular complexity index is 528. The van der Waals surface area contributed by atoms with Gasteiger partial charge in [0.05, 0.1) is 11.9 Å². The van der Waals surface area contributed by atoms with Crippen molar-refractivity contribution < 1.29 is 17.7 Å². The van der Waals surface area contributed by atoms with Crippen molar-refractivity contribution in [2.45, 2.75) is 83.7 Å². The normalized spacial score (nSPS) is 12.9. The SMILES string of the molecule is CCCCCCCCCCCC(CCS(=O)(=O)O)Oc1ccccc1. The number of rotatable bonds is 15. The molecule has 144 valence electrons. The minimum absolute atomic E-state index is 0.172. The number of hydrogen-bond acceptors (Lipinski definition) is 3. The molecule has 1 N–H and O–H groups in total. The van der Waals surface area contributed by atoms with Crippen molar-refractivity contribution in [1.29, 1.82) is 0 Å². The summed E-state index contributed by atoms with van der Waals surface area (Å²) in [5.74, 6) is 0.501. The van der Waals surface area contributed by atoms with Gasteiger partial charge in [0.2, 0.25) is 0 Å². The lowest BCUT2D eigenvalue weighted by Crippen LogP contribution is -2.21. The lowest BCUT2D eigenvalue weighted by atomic mass is 10.0. The van der Waals surface area contributed by atoms with Crippen LogP contribution in [0.1, 0.15) is 77.6 Å². The summed E-state index contributed by atoms with van der Waals surface area (Å²) in [4.78, 5) is 0. The van der Waals surface area contributed by atoms with Crippen molar-refractivity contribution in [1.82, 2.24) is 0 Å². The summed E-state index contributed by atoms with van der Waals surface area (Å²) < 4.78 is 36.9. The van der Waals surface area contributed by atoms with E-state index in [9.17, 15) is 8.42 Å². The molecule has 4 nitrogen and oxygen atoms in total. The van der Waals surface area contributed by atoms with Crippen LogP contribution in [0.3, 0.4) is 0 Å². The summed E-state index contributed by atoms with van der Waals surface area (Å²) in [7, 11) is -3.94. The summed E-state index contributed by atoms with van der Waals surface area (Å²) >= 11 is 0. The van der Waals surface area contributed by atoms with Crippen LogP contribution >= 0.6 is 0 Å². The van der Waals surface area contributed by atoms with Gasteiger partial charge in [0, 0.05) is 6.42 Å². The molecule has 0 aliphatic rings. The quantitative estimate of drug-likeness (QED) is 0.321. The summed E-state index contributed by atoms with van der Waals surface area (Å²) in [5.41, 5.74) is 0. The summed E-state index contributed by atoms with van der Waals surface area (Å²) in [6.45, 7) is 2.23. The predicted octanol–water partition coefficient (Wildman–Crippen LogP) is 5.63. The van der Waals surface area contributed by atoms with Crippen LogP contribution in [0.4, 0.5) is 0 Å². The van der Waals surface area contributed by atoms with E-state index in [4.69, 9.17) is 9.29 Å². The molecule has 5 heteroatoms. The van der Waals surface area contributed by atoms with Crippen LogP contribution in [0.15, 0.2) is 30.3 Å². The monoisotopic (exact) mass is 370 g/mol. The molecule has 1 unspecified atom stereocenters. The van der Waals surface area contributed by atoms with Crippen molar-refractivity contribution in [3.8, 4) is 5.75 Å². The smallest absolute Gasteiger partial charge is 0.264 e. The van der Waals surface area contributed by atoms with Gasteiger partial charge in [0.25, 0.3) is 10.1 Å². The highest BCUT2D eigenvalue weighted by atomic mass is 32.2. The van der Waals surface area contributed by atoms with Crippen molar-refractivity contribution in [2.75, 3.05) is 5.75 Å². The topological polar surface area (TPSA) is 63.6 Å². The zero-order chi connectivity index (χ0) is 18.4. The van der Waals surface area contributed by atoms with Crippen LogP contribution in [-0.2, 0) is 10.1 Å². The zero-order valence-corrected chi connectivity index (χ0v) is 16.3. The van der Waals surface area contributed by atoms with Gasteiger partial charge in [-0.15, -0.1) is 0 Å². The van der Waals surface area contributed by atoms with Gasteiger partial charge >= 0.3 is 0 Å². The fraction of sp³-hybridized carbons (Fsp3) is 0.700. The molecule has 1 aromatic rings. The Morgan fingerprint density at radius 1 is 0.880 bits per heavy atom. The Morgan fingerprint density at radius 3 is 2.00 bits per heavy atom. The van der Waals surface area contributed by atoms with Gasteiger partial charge in [-0.25, -0.2) is 0 Å². The molecule has 0 saturated carbocycles. The first kappa shape index (κ1) is 22.0. The number of unbranched alkanes of at least 4 members (excludes halogenated alkanes) is 8. The third-order valence-corrected chi connectivity index (χ3v) is 5.12. The average Bonchev–Trinajstić information content (AvgIpc) is 2.58. The van der Waals surface area contributed by atoms with E-state index in [1.165, 1.54) is 44.9 Å². The predicted molar refractivity (Wildman–Crippen MR) is 104 cm³/mol. The van der Waals surface area contributed by atoms with Crippen LogP contribution in [0, 0.1) is 0 Å².